The van der Waals surface area contributed by atoms with E-state index in [1.807, 2.05) is 26.0 Å². The Morgan fingerprint density at radius 1 is 0.878 bits per heavy atom. The molecule has 0 unspecified atom stereocenters. The van der Waals surface area contributed by atoms with E-state index < -0.39 is 9.84 Å². The summed E-state index contributed by atoms with van der Waals surface area (Å²) in [7, 11) is -3.49. The van der Waals surface area contributed by atoms with Crippen molar-refractivity contribution >= 4 is 9.84 Å². The van der Waals surface area contributed by atoms with Gasteiger partial charge in [-0.3, -0.25) is 0 Å². The van der Waals surface area contributed by atoms with E-state index in [4.69, 9.17) is 23.7 Å². The normalized spacial score (nSPS) is 31.6. The molecule has 3 aliphatic heterocycles. The second-order valence-electron chi connectivity index (χ2n) is 15.1. The predicted octanol–water partition coefficient (Wildman–Crippen LogP) is 8.89. The standard InChI is InChI=1S/C41H66O7S/c1-10-27(5)22-38-31(9)36(26-49(42,43)35-18-14-32(11-2)15-19-35)40(48-38)25-39-30(8)28(6)23-33(47-39)16-20-37-29(7)24-34(46-37)17-21-41(44-12-3)45-13-4/h14-15,18-19,27-28,31,33-34,36-41H,7-8,10-13,16-17,20-26H2,1-6,9H3/t27-,28+,31-,33+,34+,36-,37+,38-,39-,40+/m1/s1. The smallest absolute Gasteiger partial charge is 0.178 e. The van der Waals surface area contributed by atoms with E-state index in [1.165, 1.54) is 0 Å². The van der Waals surface area contributed by atoms with E-state index in [2.05, 4.69) is 47.8 Å². The molecule has 49 heavy (non-hydrogen) atoms. The molecule has 1 aromatic rings. The van der Waals surface area contributed by atoms with Crippen LogP contribution in [0.2, 0.25) is 0 Å². The zero-order valence-corrected chi connectivity index (χ0v) is 32.3. The zero-order valence-electron chi connectivity index (χ0n) is 31.5. The minimum Gasteiger partial charge on any atom is -0.374 e. The molecule has 0 radical (unpaired) electrons. The van der Waals surface area contributed by atoms with Crippen molar-refractivity contribution < 1.29 is 32.1 Å². The van der Waals surface area contributed by atoms with Gasteiger partial charge in [-0.1, -0.05) is 66.3 Å². The van der Waals surface area contributed by atoms with E-state index >= 15 is 0 Å². The van der Waals surface area contributed by atoms with Crippen LogP contribution in [0, 0.1) is 23.7 Å². The molecule has 278 valence electrons. The van der Waals surface area contributed by atoms with Gasteiger partial charge in [0.2, 0.25) is 0 Å². The van der Waals surface area contributed by atoms with Gasteiger partial charge in [0.15, 0.2) is 16.1 Å². The molecule has 0 aliphatic carbocycles. The lowest BCUT2D eigenvalue weighted by Gasteiger charge is -2.38. The Bertz CT molecular complexity index is 1290. The van der Waals surface area contributed by atoms with Crippen LogP contribution in [0.3, 0.4) is 0 Å². The minimum atomic E-state index is -3.49. The Morgan fingerprint density at radius 3 is 2.18 bits per heavy atom. The summed E-state index contributed by atoms with van der Waals surface area (Å²) in [6.07, 6.45) is 8.50. The first-order valence-corrected chi connectivity index (χ1v) is 20.9. The van der Waals surface area contributed by atoms with Crippen LogP contribution < -0.4 is 0 Å². The van der Waals surface area contributed by atoms with Gasteiger partial charge in [-0.25, -0.2) is 8.42 Å². The van der Waals surface area contributed by atoms with Crippen molar-refractivity contribution in [1.82, 2.24) is 0 Å². The lowest BCUT2D eigenvalue weighted by molar-refractivity contribution is -0.144. The molecule has 3 saturated heterocycles. The maximum atomic E-state index is 13.8. The highest BCUT2D eigenvalue weighted by Crippen LogP contribution is 2.43. The van der Waals surface area contributed by atoms with Crippen LogP contribution in [-0.2, 0) is 39.9 Å². The fraction of sp³-hybridized carbons (Fsp3) is 0.756. The fourth-order valence-corrected chi connectivity index (χ4v) is 9.77. The summed E-state index contributed by atoms with van der Waals surface area (Å²) < 4.78 is 59.1. The molecular weight excluding hydrogens is 637 g/mol. The monoisotopic (exact) mass is 702 g/mol. The van der Waals surface area contributed by atoms with Gasteiger partial charge in [0.05, 0.1) is 47.3 Å². The summed E-state index contributed by atoms with van der Waals surface area (Å²) >= 11 is 0. The van der Waals surface area contributed by atoms with Crippen LogP contribution in [0.5, 0.6) is 0 Å². The van der Waals surface area contributed by atoms with Crippen molar-refractivity contribution in [2.24, 2.45) is 23.7 Å². The second kappa shape index (κ2) is 18.8. The maximum absolute atomic E-state index is 13.8. The van der Waals surface area contributed by atoms with E-state index in [1.54, 1.807) is 12.1 Å². The molecule has 1 aromatic carbocycles. The summed E-state index contributed by atoms with van der Waals surface area (Å²) in [5.41, 5.74) is 3.39. The Hall–Kier alpha value is -1.55. The molecular formula is C41H66O7S. The topological polar surface area (TPSA) is 80.3 Å². The molecule has 0 spiro atoms. The first-order chi connectivity index (χ1) is 23.4. The van der Waals surface area contributed by atoms with Crippen LogP contribution in [0.25, 0.3) is 0 Å². The van der Waals surface area contributed by atoms with E-state index in [0.29, 0.717) is 36.4 Å². The third-order valence-electron chi connectivity index (χ3n) is 11.5. The first-order valence-electron chi connectivity index (χ1n) is 19.3. The number of sulfone groups is 1. The molecule has 7 nitrogen and oxygen atoms in total. The SMILES string of the molecule is C=C1C[C@H](CCC(OCC)OCC)O[C@H]1CC[C@H]1C[C@H](C)C(=C)[C@@H](C[C@@H]2O[C@H](C[C@H](C)CC)[C@H](C)[C@H]2CS(=O)(=O)c2ccc(CC)cc2)O1. The largest absolute Gasteiger partial charge is 0.374 e. The second-order valence-corrected chi connectivity index (χ2v) is 17.1. The van der Waals surface area contributed by atoms with Crippen molar-refractivity contribution in [3.63, 3.8) is 0 Å². The highest BCUT2D eigenvalue weighted by atomic mass is 32.2. The molecule has 10 atom stereocenters. The van der Waals surface area contributed by atoms with Crippen molar-refractivity contribution in [2.75, 3.05) is 19.0 Å². The first kappa shape index (κ1) is 40.2. The molecule has 0 aromatic heterocycles. The summed E-state index contributed by atoms with van der Waals surface area (Å²) in [6, 6.07) is 7.39. The van der Waals surface area contributed by atoms with Crippen LogP contribution >= 0.6 is 0 Å². The van der Waals surface area contributed by atoms with E-state index in [0.717, 1.165) is 74.5 Å². The van der Waals surface area contributed by atoms with Crippen LogP contribution in [0.15, 0.2) is 53.5 Å². The lowest BCUT2D eigenvalue weighted by Crippen LogP contribution is -2.38. The summed E-state index contributed by atoms with van der Waals surface area (Å²) in [5.74, 6) is 0.918. The number of rotatable bonds is 19. The van der Waals surface area contributed by atoms with Crippen LogP contribution in [0.1, 0.15) is 112 Å². The average molecular weight is 703 g/mol. The van der Waals surface area contributed by atoms with Crippen molar-refractivity contribution in [3.8, 4) is 0 Å². The van der Waals surface area contributed by atoms with Crippen molar-refractivity contribution in [1.29, 1.82) is 0 Å². The molecule has 3 fully saturated rings. The predicted molar refractivity (Wildman–Crippen MR) is 197 cm³/mol. The third-order valence-corrected chi connectivity index (χ3v) is 13.3. The van der Waals surface area contributed by atoms with Gasteiger partial charge in [-0.05, 0) is 105 Å². The highest BCUT2D eigenvalue weighted by molar-refractivity contribution is 7.91. The van der Waals surface area contributed by atoms with Gasteiger partial charge in [-0.2, -0.15) is 0 Å². The highest BCUT2D eigenvalue weighted by Gasteiger charge is 2.46. The van der Waals surface area contributed by atoms with Crippen LogP contribution in [0.4, 0.5) is 0 Å². The molecule has 3 heterocycles. The van der Waals surface area contributed by atoms with Gasteiger partial charge in [0.1, 0.15) is 0 Å². The fourth-order valence-electron chi connectivity index (χ4n) is 8.00. The number of ether oxygens (including phenoxy) is 5. The molecule has 8 heteroatoms. The third kappa shape index (κ3) is 11.0. The summed E-state index contributed by atoms with van der Waals surface area (Å²) in [6.45, 7) is 25.1. The van der Waals surface area contributed by atoms with Crippen molar-refractivity contribution in [3.05, 3.63) is 54.1 Å². The molecule has 0 N–H and O–H groups in total. The van der Waals surface area contributed by atoms with Gasteiger partial charge < -0.3 is 23.7 Å². The number of hydrogen-bond donors (Lipinski definition) is 0. The van der Waals surface area contributed by atoms with Gasteiger partial charge in [0, 0.05) is 32.0 Å². The van der Waals surface area contributed by atoms with Gasteiger partial charge >= 0.3 is 0 Å². The average Bonchev–Trinajstić information content (AvgIpc) is 3.57. The van der Waals surface area contributed by atoms with Gasteiger partial charge in [-0.15, -0.1) is 0 Å². The summed E-state index contributed by atoms with van der Waals surface area (Å²) in [4.78, 5) is 0.398. The van der Waals surface area contributed by atoms with Crippen molar-refractivity contribution in [2.45, 2.75) is 160 Å². The number of aryl methyl sites for hydroxylation is 1. The number of hydrogen-bond acceptors (Lipinski definition) is 7. The lowest BCUT2D eigenvalue weighted by atomic mass is 9.81. The molecule has 4 rings (SSSR count). The van der Waals surface area contributed by atoms with E-state index in [-0.39, 0.29) is 60.5 Å². The Balaban J connectivity index is 1.39. The zero-order chi connectivity index (χ0) is 35.7. The molecule has 0 bridgehead atoms. The molecule has 3 aliphatic rings. The van der Waals surface area contributed by atoms with Crippen LogP contribution in [-0.4, -0.2) is 70.3 Å². The minimum absolute atomic E-state index is 0.0310. The molecule has 0 amide bonds. The Kier molecular flexibility index (Phi) is 15.4. The quantitative estimate of drug-likeness (QED) is 0.105. The molecule has 0 saturated carbocycles. The Morgan fingerprint density at radius 2 is 1.55 bits per heavy atom. The Labute approximate surface area is 298 Å². The maximum Gasteiger partial charge on any atom is 0.178 e. The van der Waals surface area contributed by atoms with E-state index in [9.17, 15) is 8.42 Å². The summed E-state index contributed by atoms with van der Waals surface area (Å²) in [5, 5.41) is 0. The van der Waals surface area contributed by atoms with Gasteiger partial charge in [0.25, 0.3) is 0 Å². The number of benzene rings is 1.